The van der Waals surface area contributed by atoms with Gasteiger partial charge < -0.3 is 9.32 Å². The van der Waals surface area contributed by atoms with E-state index < -0.39 is 9.84 Å². The summed E-state index contributed by atoms with van der Waals surface area (Å²) in [6, 6.07) is 10.0. The summed E-state index contributed by atoms with van der Waals surface area (Å²) in [6.07, 6.45) is 0.429. The minimum Gasteiger partial charge on any atom is -0.464 e. The fraction of sp³-hybridized carbons (Fsp3) is 0.353. The van der Waals surface area contributed by atoms with Crippen LogP contribution in [0.1, 0.15) is 28.3 Å². The number of amides is 1. The highest BCUT2D eigenvalue weighted by Crippen LogP contribution is 2.25. The lowest BCUT2D eigenvalue weighted by molar-refractivity contribution is 0.0665. The van der Waals surface area contributed by atoms with E-state index in [1.807, 2.05) is 13.0 Å². The first-order valence-electron chi connectivity index (χ1n) is 7.67. The van der Waals surface area contributed by atoms with Gasteiger partial charge in [-0.1, -0.05) is 23.7 Å². The lowest BCUT2D eigenvalue weighted by Crippen LogP contribution is -2.40. The molecule has 2 heterocycles. The van der Waals surface area contributed by atoms with Crippen molar-refractivity contribution in [1.29, 1.82) is 0 Å². The van der Waals surface area contributed by atoms with Gasteiger partial charge in [-0.25, -0.2) is 8.42 Å². The van der Waals surface area contributed by atoms with E-state index in [4.69, 9.17) is 16.0 Å². The third-order valence-corrected chi connectivity index (χ3v) is 6.22. The van der Waals surface area contributed by atoms with Gasteiger partial charge in [-0.2, -0.15) is 0 Å². The van der Waals surface area contributed by atoms with Gasteiger partial charge in [0.25, 0.3) is 5.91 Å². The average molecular weight is 368 g/mol. The Morgan fingerprint density at radius 2 is 2.04 bits per heavy atom. The van der Waals surface area contributed by atoms with Gasteiger partial charge in [0.15, 0.2) is 9.84 Å². The molecular weight excluding hydrogens is 350 g/mol. The van der Waals surface area contributed by atoms with Crippen LogP contribution in [0.15, 0.2) is 40.8 Å². The smallest absolute Gasteiger partial charge is 0.256 e. The molecule has 0 saturated carbocycles. The van der Waals surface area contributed by atoms with Crippen LogP contribution in [0.2, 0.25) is 5.02 Å². The third-order valence-electron chi connectivity index (χ3n) is 4.14. The molecule has 2 aromatic rings. The van der Waals surface area contributed by atoms with Crippen LogP contribution in [0.25, 0.3) is 0 Å². The van der Waals surface area contributed by atoms with Crippen molar-refractivity contribution in [3.63, 3.8) is 0 Å². The Kier molecular flexibility index (Phi) is 4.69. The van der Waals surface area contributed by atoms with Crippen molar-refractivity contribution in [2.75, 3.05) is 11.5 Å². The van der Waals surface area contributed by atoms with Crippen molar-refractivity contribution < 1.29 is 17.6 Å². The number of carbonyl (C=O) groups excluding carboxylic acids is 1. The second-order valence-electron chi connectivity index (χ2n) is 5.98. The van der Waals surface area contributed by atoms with E-state index in [1.54, 1.807) is 35.2 Å². The predicted octanol–water partition coefficient (Wildman–Crippen LogP) is 3.07. The lowest BCUT2D eigenvalue weighted by Gasteiger charge is -2.28. The topological polar surface area (TPSA) is 67.6 Å². The van der Waals surface area contributed by atoms with Crippen molar-refractivity contribution in [3.8, 4) is 0 Å². The van der Waals surface area contributed by atoms with Gasteiger partial charge in [-0.05, 0) is 37.6 Å². The van der Waals surface area contributed by atoms with E-state index in [2.05, 4.69) is 0 Å². The first-order chi connectivity index (χ1) is 11.4. The molecule has 0 spiro atoms. The van der Waals surface area contributed by atoms with Gasteiger partial charge in [-0.15, -0.1) is 0 Å². The van der Waals surface area contributed by atoms with E-state index >= 15 is 0 Å². The molecule has 128 valence electrons. The summed E-state index contributed by atoms with van der Waals surface area (Å²) in [4.78, 5) is 14.5. The molecule has 1 aliphatic rings. The molecule has 1 aromatic carbocycles. The van der Waals surface area contributed by atoms with Crippen molar-refractivity contribution in [1.82, 2.24) is 4.90 Å². The summed E-state index contributed by atoms with van der Waals surface area (Å²) in [5.41, 5.74) is 0.367. The molecular formula is C17H18ClNO4S. The maximum atomic E-state index is 13.0. The fourth-order valence-corrected chi connectivity index (χ4v) is 4.86. The number of rotatable bonds is 4. The number of sulfone groups is 1. The molecule has 1 atom stereocenters. The number of halogens is 1. The van der Waals surface area contributed by atoms with Gasteiger partial charge >= 0.3 is 0 Å². The Morgan fingerprint density at radius 1 is 1.29 bits per heavy atom. The van der Waals surface area contributed by atoms with Crippen molar-refractivity contribution >= 4 is 27.3 Å². The highest BCUT2D eigenvalue weighted by molar-refractivity contribution is 7.91. The van der Waals surface area contributed by atoms with E-state index in [1.165, 1.54) is 0 Å². The van der Waals surface area contributed by atoms with Crippen LogP contribution in [0.3, 0.4) is 0 Å². The molecule has 0 radical (unpaired) electrons. The summed E-state index contributed by atoms with van der Waals surface area (Å²) in [6.45, 7) is 2.04. The second-order valence-corrected chi connectivity index (χ2v) is 8.62. The summed E-state index contributed by atoms with van der Waals surface area (Å²) < 4.78 is 29.2. The first kappa shape index (κ1) is 17.0. The Balaban J connectivity index is 1.92. The fourth-order valence-electron chi connectivity index (χ4n) is 2.92. The summed E-state index contributed by atoms with van der Waals surface area (Å²) in [5, 5.41) is 0.351. The maximum Gasteiger partial charge on any atom is 0.256 e. The summed E-state index contributed by atoms with van der Waals surface area (Å²) in [7, 11) is -3.11. The Hall–Kier alpha value is -1.79. The molecule has 3 rings (SSSR count). The molecule has 1 fully saturated rings. The van der Waals surface area contributed by atoms with Crippen LogP contribution < -0.4 is 0 Å². The molecule has 24 heavy (non-hydrogen) atoms. The predicted molar refractivity (Wildman–Crippen MR) is 91.8 cm³/mol. The molecule has 0 N–H and O–H groups in total. The monoisotopic (exact) mass is 367 g/mol. The number of carbonyl (C=O) groups is 1. The number of furan rings is 1. The average Bonchev–Trinajstić information content (AvgIpc) is 3.10. The maximum absolute atomic E-state index is 13.0. The third kappa shape index (κ3) is 3.65. The molecule has 1 aromatic heterocycles. The van der Waals surface area contributed by atoms with E-state index in [-0.39, 0.29) is 30.0 Å². The quantitative estimate of drug-likeness (QED) is 0.832. The zero-order valence-corrected chi connectivity index (χ0v) is 14.8. The zero-order chi connectivity index (χ0) is 17.3. The second kappa shape index (κ2) is 6.61. The van der Waals surface area contributed by atoms with Crippen molar-refractivity contribution in [2.45, 2.75) is 25.9 Å². The van der Waals surface area contributed by atoms with E-state index in [0.717, 1.165) is 5.76 Å². The van der Waals surface area contributed by atoms with Crippen LogP contribution in [-0.4, -0.2) is 36.8 Å². The number of nitrogens with zero attached hydrogens (tertiary/aromatic N) is 1. The minimum atomic E-state index is -3.11. The molecule has 1 aliphatic heterocycles. The van der Waals surface area contributed by atoms with Crippen LogP contribution >= 0.6 is 11.6 Å². The normalized spacial score (nSPS) is 19.3. The summed E-state index contributed by atoms with van der Waals surface area (Å²) >= 11 is 6.14. The Morgan fingerprint density at radius 3 is 2.62 bits per heavy atom. The standard InChI is InChI=1S/C17H18ClNO4S/c1-12-6-7-14(23-12)10-19(13-8-9-24(21,22)11-13)17(20)15-4-2-3-5-16(15)18/h2-7,13H,8-11H2,1H3/t13-/m1/s1. The zero-order valence-electron chi connectivity index (χ0n) is 13.2. The van der Waals surface area contributed by atoms with Crippen LogP contribution in [0.5, 0.6) is 0 Å². The number of hydrogen-bond donors (Lipinski definition) is 0. The van der Waals surface area contributed by atoms with Gasteiger partial charge in [0.1, 0.15) is 11.5 Å². The molecule has 7 heteroatoms. The molecule has 0 unspecified atom stereocenters. The van der Waals surface area contributed by atoms with E-state index in [0.29, 0.717) is 22.8 Å². The van der Waals surface area contributed by atoms with Crippen LogP contribution in [-0.2, 0) is 16.4 Å². The molecule has 1 amide bonds. The van der Waals surface area contributed by atoms with Gasteiger partial charge in [0.05, 0.1) is 28.6 Å². The van der Waals surface area contributed by atoms with Crippen molar-refractivity contribution in [3.05, 3.63) is 58.5 Å². The molecule has 5 nitrogen and oxygen atoms in total. The Labute approximate surface area is 146 Å². The number of aryl methyl sites for hydroxylation is 1. The number of hydrogen-bond acceptors (Lipinski definition) is 4. The highest BCUT2D eigenvalue weighted by atomic mass is 35.5. The Bertz CT molecular complexity index is 859. The summed E-state index contributed by atoms with van der Waals surface area (Å²) in [5.74, 6) is 1.16. The molecule has 0 aliphatic carbocycles. The van der Waals surface area contributed by atoms with Crippen LogP contribution in [0.4, 0.5) is 0 Å². The first-order valence-corrected chi connectivity index (χ1v) is 9.87. The largest absolute Gasteiger partial charge is 0.464 e. The van der Waals surface area contributed by atoms with Crippen LogP contribution in [0, 0.1) is 6.92 Å². The molecule has 0 bridgehead atoms. The SMILES string of the molecule is Cc1ccc(CN(C(=O)c2ccccc2Cl)[C@@H]2CCS(=O)(=O)C2)o1. The highest BCUT2D eigenvalue weighted by Gasteiger charge is 2.35. The van der Waals surface area contributed by atoms with Crippen molar-refractivity contribution in [2.24, 2.45) is 0 Å². The van der Waals surface area contributed by atoms with E-state index in [9.17, 15) is 13.2 Å². The van der Waals surface area contributed by atoms with Gasteiger partial charge in [-0.3, -0.25) is 4.79 Å². The minimum absolute atomic E-state index is 0.0249. The van der Waals surface area contributed by atoms with Gasteiger partial charge in [0.2, 0.25) is 0 Å². The molecule has 1 saturated heterocycles. The number of benzene rings is 1. The lowest BCUT2D eigenvalue weighted by atomic mass is 10.1. The van der Waals surface area contributed by atoms with Gasteiger partial charge in [0, 0.05) is 6.04 Å².